The molecule has 1 aromatic carbocycles. The molecule has 0 N–H and O–H groups in total. The summed E-state index contributed by atoms with van der Waals surface area (Å²) in [5.41, 5.74) is 1.48. The van der Waals surface area contributed by atoms with Crippen LogP contribution < -0.4 is 0 Å². The predicted molar refractivity (Wildman–Crippen MR) is 68.0 cm³/mol. The van der Waals surface area contributed by atoms with Crippen LogP contribution in [0.5, 0.6) is 0 Å². The second kappa shape index (κ2) is 4.05. The number of rotatable bonds is 1. The quantitative estimate of drug-likeness (QED) is 0.718. The van der Waals surface area contributed by atoms with Crippen LogP contribution in [0.15, 0.2) is 24.3 Å². The van der Waals surface area contributed by atoms with Crippen molar-refractivity contribution in [1.82, 2.24) is 4.90 Å². The third kappa shape index (κ3) is 1.76. The molecule has 1 nitrogen and oxygen atoms in total. The van der Waals surface area contributed by atoms with Crippen molar-refractivity contribution in [1.29, 1.82) is 0 Å². The fourth-order valence-corrected chi connectivity index (χ4v) is 3.54. The van der Waals surface area contributed by atoms with Gasteiger partial charge in [-0.2, -0.15) is 0 Å². The molecule has 3 atom stereocenters. The molecule has 1 aromatic rings. The van der Waals surface area contributed by atoms with E-state index in [9.17, 15) is 0 Å². The van der Waals surface area contributed by atoms with Crippen LogP contribution in [0.2, 0.25) is 5.02 Å². The Morgan fingerprint density at radius 2 is 1.62 bits per heavy atom. The van der Waals surface area contributed by atoms with Crippen molar-refractivity contribution in [2.24, 2.45) is 0 Å². The third-order valence-corrected chi connectivity index (χ3v) is 4.69. The molecular weight excluding hydrogens is 218 g/mol. The van der Waals surface area contributed by atoms with Gasteiger partial charge >= 0.3 is 0 Å². The van der Waals surface area contributed by atoms with Crippen molar-refractivity contribution in [3.05, 3.63) is 34.9 Å². The molecule has 0 saturated carbocycles. The monoisotopic (exact) mass is 235 g/mol. The normalized spacial score (nSPS) is 34.2. The van der Waals surface area contributed by atoms with E-state index >= 15 is 0 Å². The summed E-state index contributed by atoms with van der Waals surface area (Å²) in [6.45, 7) is 0. The van der Waals surface area contributed by atoms with Crippen molar-refractivity contribution in [2.45, 2.75) is 43.7 Å². The molecule has 2 aliphatic rings. The molecule has 86 valence electrons. The molecule has 2 heteroatoms. The summed E-state index contributed by atoms with van der Waals surface area (Å²) >= 11 is 5.94. The van der Waals surface area contributed by atoms with Crippen molar-refractivity contribution in [3.8, 4) is 0 Å². The maximum absolute atomic E-state index is 5.94. The van der Waals surface area contributed by atoms with Crippen molar-refractivity contribution in [3.63, 3.8) is 0 Å². The van der Waals surface area contributed by atoms with Crippen LogP contribution in [0.3, 0.4) is 0 Å². The molecule has 2 heterocycles. The Kier molecular flexibility index (Phi) is 2.68. The second-order valence-electron chi connectivity index (χ2n) is 5.27. The smallest absolute Gasteiger partial charge is 0.0406 e. The minimum atomic E-state index is 0.756. The molecule has 0 unspecified atom stereocenters. The lowest BCUT2D eigenvalue weighted by Crippen LogP contribution is -2.39. The Balaban J connectivity index is 1.80. The number of fused-ring (bicyclic) bond motifs is 2. The molecule has 0 aromatic heterocycles. The maximum Gasteiger partial charge on any atom is 0.0406 e. The zero-order chi connectivity index (χ0) is 11.1. The van der Waals surface area contributed by atoms with Gasteiger partial charge in [-0.3, -0.25) is 0 Å². The van der Waals surface area contributed by atoms with E-state index in [0.717, 1.165) is 23.0 Å². The highest BCUT2D eigenvalue weighted by molar-refractivity contribution is 6.30. The molecule has 2 fully saturated rings. The van der Waals surface area contributed by atoms with E-state index in [0.29, 0.717) is 0 Å². The molecule has 0 amide bonds. The molecule has 2 bridgehead atoms. The van der Waals surface area contributed by atoms with E-state index in [1.54, 1.807) is 0 Å². The lowest BCUT2D eigenvalue weighted by atomic mass is 9.85. The topological polar surface area (TPSA) is 3.24 Å². The fraction of sp³-hybridized carbons (Fsp3) is 0.571. The van der Waals surface area contributed by atoms with Crippen LogP contribution in [-0.4, -0.2) is 24.0 Å². The van der Waals surface area contributed by atoms with Gasteiger partial charge in [0.05, 0.1) is 0 Å². The summed E-state index contributed by atoms with van der Waals surface area (Å²) in [5.74, 6) is 0.756. The highest BCUT2D eigenvalue weighted by atomic mass is 35.5. The van der Waals surface area contributed by atoms with E-state index in [2.05, 4.69) is 24.1 Å². The summed E-state index contributed by atoms with van der Waals surface area (Å²) in [4.78, 5) is 2.59. The number of benzene rings is 1. The maximum atomic E-state index is 5.94. The SMILES string of the molecule is CN1[C@@H]2CC[C@H]1C[C@H](c1ccc(Cl)cc1)C2. The first kappa shape index (κ1) is 10.6. The average molecular weight is 236 g/mol. The molecular formula is C14H18ClN. The first-order chi connectivity index (χ1) is 7.74. The first-order valence-corrected chi connectivity index (χ1v) is 6.59. The molecule has 2 saturated heterocycles. The zero-order valence-corrected chi connectivity index (χ0v) is 10.5. The Labute approximate surface area is 102 Å². The summed E-state index contributed by atoms with van der Waals surface area (Å²) in [6, 6.07) is 10.1. The molecule has 0 aliphatic carbocycles. The van der Waals surface area contributed by atoms with Gasteiger partial charge in [0, 0.05) is 17.1 Å². The lowest BCUT2D eigenvalue weighted by molar-refractivity contribution is 0.161. The molecule has 3 rings (SSSR count). The molecule has 0 radical (unpaired) electrons. The zero-order valence-electron chi connectivity index (χ0n) is 9.70. The summed E-state index contributed by atoms with van der Waals surface area (Å²) in [6.07, 6.45) is 5.44. The van der Waals surface area contributed by atoms with Crippen molar-refractivity contribution < 1.29 is 0 Å². The Morgan fingerprint density at radius 3 is 2.19 bits per heavy atom. The summed E-state index contributed by atoms with van der Waals surface area (Å²) in [5, 5.41) is 0.847. The van der Waals surface area contributed by atoms with Crippen molar-refractivity contribution in [2.75, 3.05) is 7.05 Å². The molecule has 16 heavy (non-hydrogen) atoms. The predicted octanol–water partition coefficient (Wildman–Crippen LogP) is 3.68. The number of nitrogens with zero attached hydrogens (tertiary/aromatic N) is 1. The van der Waals surface area contributed by atoms with Gasteiger partial charge in [0.25, 0.3) is 0 Å². The van der Waals surface area contributed by atoms with Gasteiger partial charge in [-0.05, 0) is 56.3 Å². The van der Waals surface area contributed by atoms with Crippen LogP contribution in [0.25, 0.3) is 0 Å². The van der Waals surface area contributed by atoms with E-state index in [1.165, 1.54) is 31.2 Å². The molecule has 0 spiro atoms. The van der Waals surface area contributed by atoms with Crippen LogP contribution in [0.4, 0.5) is 0 Å². The standard InChI is InChI=1S/C14H18ClN/c1-16-13-6-7-14(16)9-11(8-13)10-2-4-12(15)5-3-10/h2-5,11,13-14H,6-9H2,1H3/t11-,13-,14+. The van der Waals surface area contributed by atoms with Crippen LogP contribution >= 0.6 is 11.6 Å². The van der Waals surface area contributed by atoms with Gasteiger partial charge in [0.1, 0.15) is 0 Å². The minimum Gasteiger partial charge on any atom is -0.300 e. The van der Waals surface area contributed by atoms with Gasteiger partial charge in [0.2, 0.25) is 0 Å². The lowest BCUT2D eigenvalue weighted by Gasteiger charge is -2.36. The Hall–Kier alpha value is -0.530. The fourth-order valence-electron chi connectivity index (χ4n) is 3.42. The second-order valence-corrected chi connectivity index (χ2v) is 5.71. The third-order valence-electron chi connectivity index (χ3n) is 4.44. The largest absolute Gasteiger partial charge is 0.300 e. The summed E-state index contributed by atoms with van der Waals surface area (Å²) < 4.78 is 0. The van der Waals surface area contributed by atoms with Crippen LogP contribution in [0.1, 0.15) is 37.2 Å². The van der Waals surface area contributed by atoms with Gasteiger partial charge in [-0.1, -0.05) is 23.7 Å². The highest BCUT2D eigenvalue weighted by Gasteiger charge is 2.38. The highest BCUT2D eigenvalue weighted by Crippen LogP contribution is 2.42. The van der Waals surface area contributed by atoms with Crippen LogP contribution in [-0.2, 0) is 0 Å². The number of hydrogen-bond donors (Lipinski definition) is 0. The van der Waals surface area contributed by atoms with E-state index in [1.807, 2.05) is 12.1 Å². The Morgan fingerprint density at radius 1 is 1.06 bits per heavy atom. The Bertz CT molecular complexity index is 359. The van der Waals surface area contributed by atoms with Gasteiger partial charge < -0.3 is 4.90 Å². The average Bonchev–Trinajstić information content (AvgIpc) is 2.54. The van der Waals surface area contributed by atoms with Crippen molar-refractivity contribution >= 4 is 11.6 Å². The summed E-state index contributed by atoms with van der Waals surface area (Å²) in [7, 11) is 2.29. The van der Waals surface area contributed by atoms with E-state index in [-0.39, 0.29) is 0 Å². The number of piperidine rings is 1. The van der Waals surface area contributed by atoms with E-state index in [4.69, 9.17) is 11.6 Å². The minimum absolute atomic E-state index is 0.756. The number of hydrogen-bond acceptors (Lipinski definition) is 1. The van der Waals surface area contributed by atoms with E-state index < -0.39 is 0 Å². The van der Waals surface area contributed by atoms with Gasteiger partial charge in [0.15, 0.2) is 0 Å². The van der Waals surface area contributed by atoms with Crippen LogP contribution in [0, 0.1) is 0 Å². The first-order valence-electron chi connectivity index (χ1n) is 6.21. The molecule has 2 aliphatic heterocycles. The van der Waals surface area contributed by atoms with Gasteiger partial charge in [-0.25, -0.2) is 0 Å². The van der Waals surface area contributed by atoms with Gasteiger partial charge in [-0.15, -0.1) is 0 Å². The number of halogens is 1.